The van der Waals surface area contributed by atoms with Gasteiger partial charge >= 0.3 is 0 Å². The summed E-state index contributed by atoms with van der Waals surface area (Å²) in [6.07, 6.45) is 0. The third kappa shape index (κ3) is 10.8. The number of fused-ring (bicyclic) bond motifs is 7. The van der Waals surface area contributed by atoms with Gasteiger partial charge in [-0.05, 0) is 171 Å². The van der Waals surface area contributed by atoms with Crippen LogP contribution in [0.3, 0.4) is 0 Å². The molecule has 478 valence electrons. The lowest BCUT2D eigenvalue weighted by molar-refractivity contribution is 0.569. The Morgan fingerprint density at radius 2 is 0.612 bits per heavy atom. The molecule has 0 fully saturated rings. The molecule has 0 atom stereocenters. The van der Waals surface area contributed by atoms with E-state index < -0.39 is 30.9 Å². The fraction of sp³-hybridized carbons (Fsp3) is 0.170. The van der Waals surface area contributed by atoms with Crippen LogP contribution in [0.4, 0.5) is 34.1 Å². The molecule has 0 bridgehead atoms. The van der Waals surface area contributed by atoms with Crippen LogP contribution in [0.1, 0.15) is 116 Å². The van der Waals surface area contributed by atoms with Crippen molar-refractivity contribution in [2.24, 2.45) is 0 Å². The summed E-state index contributed by atoms with van der Waals surface area (Å²) in [5, 5.41) is 0.0289. The van der Waals surface area contributed by atoms with Gasteiger partial charge in [-0.2, -0.15) is 0 Å². The van der Waals surface area contributed by atoms with Gasteiger partial charge in [0.1, 0.15) is 0 Å². The van der Waals surface area contributed by atoms with Gasteiger partial charge in [0.15, 0.2) is 0 Å². The topological polar surface area (TPSA) is 11.4 Å². The zero-order chi connectivity index (χ0) is 74.5. The molecule has 16 rings (SSSR count). The molecule has 2 aliphatic heterocycles. The molecule has 3 heterocycles. The van der Waals surface area contributed by atoms with E-state index in [1.54, 1.807) is 4.57 Å². The molecule has 0 radical (unpaired) electrons. The Morgan fingerprint density at radius 3 is 1.00 bits per heavy atom. The fourth-order valence-corrected chi connectivity index (χ4v) is 14.9. The Kier molecular flexibility index (Phi) is 12.9. The fourth-order valence-electron chi connectivity index (χ4n) is 14.9. The maximum Gasteiger partial charge on any atom is 0.252 e. The monoisotopic (exact) mass is 1270 g/mol. The first-order valence-electron chi connectivity index (χ1n) is 38.4. The molecule has 2 aliphatic rings. The van der Waals surface area contributed by atoms with Crippen LogP contribution in [0.25, 0.3) is 94.3 Å². The van der Waals surface area contributed by atoms with Crippen LogP contribution in [0.5, 0.6) is 0 Å². The molecule has 0 saturated heterocycles. The molecule has 0 unspecified atom stereocenters. The smallest absolute Gasteiger partial charge is 0.252 e. The quantitative estimate of drug-likeness (QED) is 0.133. The number of benzene rings is 13. The van der Waals surface area contributed by atoms with Gasteiger partial charge in [-0.25, -0.2) is 0 Å². The lowest BCUT2D eigenvalue weighted by Crippen LogP contribution is -2.61. The standard InChI is InChI=1S/C94H84BN3/c1-91(2,3)69-50-67(51-70(55-69)92(4,5)6)66-46-48-80-84(52-66)97(89-76(62-34-20-14-21-35-62)56-71(93(7,8)9)57-77(89)63-36-22-15-23-37-63)86-53-68(61-32-18-13-19-33-61)54-87-88(86)95(80)81-49-47-73(96-82-44-30-28-42-74(82)75-43-29-31-45-83(75)96)60-85(81)98(87)90-78(64-38-24-16-25-39-64)58-72(94(10,11)12)59-79(90)65-40-26-17-27-41-65/h13-60H,1-12H3/i28D,29D,30D,31D,42D,43D,44D,45D. The van der Waals surface area contributed by atoms with E-state index in [0.29, 0.717) is 5.69 Å². The van der Waals surface area contributed by atoms with E-state index in [1.807, 2.05) is 6.07 Å². The van der Waals surface area contributed by atoms with Crippen molar-refractivity contribution in [1.82, 2.24) is 4.57 Å². The summed E-state index contributed by atoms with van der Waals surface area (Å²) in [5.41, 5.74) is 25.4. The Bertz CT molecular complexity index is 5680. The van der Waals surface area contributed by atoms with Crippen molar-refractivity contribution in [3.05, 3.63) is 313 Å². The van der Waals surface area contributed by atoms with E-state index in [-0.39, 0.29) is 67.6 Å². The normalized spacial score (nSPS) is 14.2. The molecule has 0 amide bonds. The van der Waals surface area contributed by atoms with Crippen LogP contribution in [0, 0.1) is 0 Å². The average molecular weight is 1270 g/mol. The number of para-hydroxylation sites is 2. The maximum absolute atomic E-state index is 9.84. The van der Waals surface area contributed by atoms with Crippen LogP contribution < -0.4 is 26.2 Å². The summed E-state index contributed by atoms with van der Waals surface area (Å²) in [6.45, 7) is 27.0. The predicted molar refractivity (Wildman–Crippen MR) is 422 cm³/mol. The van der Waals surface area contributed by atoms with Crippen molar-refractivity contribution in [2.45, 2.75) is 105 Å². The second kappa shape index (κ2) is 23.6. The van der Waals surface area contributed by atoms with Crippen LogP contribution in [0.15, 0.2) is 291 Å². The minimum absolute atomic E-state index is 0.0144. The van der Waals surface area contributed by atoms with Crippen molar-refractivity contribution >= 4 is 79.0 Å². The zero-order valence-electron chi connectivity index (χ0n) is 66.0. The van der Waals surface area contributed by atoms with E-state index in [1.165, 1.54) is 16.7 Å². The minimum Gasteiger partial charge on any atom is -0.310 e. The molecule has 98 heavy (non-hydrogen) atoms. The van der Waals surface area contributed by atoms with Gasteiger partial charge in [0.2, 0.25) is 0 Å². The van der Waals surface area contributed by atoms with Gasteiger partial charge in [-0.3, -0.25) is 0 Å². The second-order valence-electron chi connectivity index (χ2n) is 30.8. The van der Waals surface area contributed by atoms with Crippen molar-refractivity contribution in [2.75, 3.05) is 9.80 Å². The highest BCUT2D eigenvalue weighted by molar-refractivity contribution is 7.00. The Labute approximate surface area is 591 Å². The highest BCUT2D eigenvalue weighted by Crippen LogP contribution is 2.56. The predicted octanol–water partition coefficient (Wildman–Crippen LogP) is 24.1. The summed E-state index contributed by atoms with van der Waals surface area (Å²) >= 11 is 0. The van der Waals surface area contributed by atoms with Gasteiger partial charge in [-0.1, -0.05) is 307 Å². The van der Waals surface area contributed by atoms with Crippen LogP contribution in [-0.4, -0.2) is 11.3 Å². The van der Waals surface area contributed by atoms with E-state index in [0.717, 1.165) is 123 Å². The molecule has 13 aromatic carbocycles. The summed E-state index contributed by atoms with van der Waals surface area (Å²) in [4.78, 5) is 5.06. The molecule has 0 saturated carbocycles. The van der Waals surface area contributed by atoms with Gasteiger partial charge in [0, 0.05) is 61.5 Å². The number of nitrogens with zero attached hydrogens (tertiary/aromatic N) is 3. The van der Waals surface area contributed by atoms with Crippen molar-refractivity contribution in [3.63, 3.8) is 0 Å². The molecule has 0 spiro atoms. The van der Waals surface area contributed by atoms with E-state index in [4.69, 9.17) is 2.74 Å². The van der Waals surface area contributed by atoms with E-state index in [2.05, 4.69) is 329 Å². The van der Waals surface area contributed by atoms with Crippen LogP contribution in [0.2, 0.25) is 0 Å². The summed E-state index contributed by atoms with van der Waals surface area (Å²) in [5.74, 6) is 0. The Morgan fingerprint density at radius 1 is 0.286 bits per heavy atom. The molecule has 0 aliphatic carbocycles. The summed E-state index contributed by atoms with van der Waals surface area (Å²) < 4.78 is 77.2. The molecule has 4 heteroatoms. The second-order valence-corrected chi connectivity index (χ2v) is 30.8. The summed E-state index contributed by atoms with van der Waals surface area (Å²) in [6, 6.07) is 85.1. The van der Waals surface area contributed by atoms with Gasteiger partial charge in [0.05, 0.1) is 33.4 Å². The number of rotatable bonds is 9. The van der Waals surface area contributed by atoms with Crippen molar-refractivity contribution in [1.29, 1.82) is 0 Å². The van der Waals surface area contributed by atoms with Crippen LogP contribution >= 0.6 is 0 Å². The highest BCUT2D eigenvalue weighted by atomic mass is 15.2. The molecular formula is C94H84BN3. The average Bonchev–Trinajstić information content (AvgIpc) is 0.923. The van der Waals surface area contributed by atoms with Gasteiger partial charge < -0.3 is 14.4 Å². The first-order valence-corrected chi connectivity index (χ1v) is 34.4. The third-order valence-electron chi connectivity index (χ3n) is 20.2. The third-order valence-corrected chi connectivity index (χ3v) is 20.2. The minimum atomic E-state index is -0.496. The Hall–Kier alpha value is -10.7. The molecular weight excluding hydrogens is 1180 g/mol. The first-order chi connectivity index (χ1) is 50.5. The zero-order valence-corrected chi connectivity index (χ0v) is 58.0. The lowest BCUT2D eigenvalue weighted by atomic mass is 9.33. The first kappa shape index (κ1) is 53.5. The van der Waals surface area contributed by atoms with Gasteiger partial charge in [0.25, 0.3) is 6.71 Å². The SMILES string of the molecule is [2H]c1c([2H])c([2H])c2c(c1[2H])c1c([2H])c([2H])c([2H])c([2H])c1n2-c1ccc2c(c1)N(c1c(-c3ccccc3)cc(C(C)(C)C)cc1-c1ccccc1)c1cc(-c3ccccc3)cc3c1B2c1ccc(-c2cc(C(C)(C)C)cc(C(C)(C)C)c2)cc1N3c1c(-c2ccccc2)cc(C(C)(C)C)cc1-c1ccccc1. The van der Waals surface area contributed by atoms with E-state index in [9.17, 15) is 8.22 Å². The highest BCUT2D eigenvalue weighted by Gasteiger charge is 2.46. The molecule has 1 aromatic heterocycles. The van der Waals surface area contributed by atoms with Crippen LogP contribution in [-0.2, 0) is 21.7 Å². The van der Waals surface area contributed by atoms with Crippen molar-refractivity contribution < 1.29 is 11.0 Å². The maximum atomic E-state index is 9.84. The largest absolute Gasteiger partial charge is 0.310 e. The number of aromatic nitrogens is 1. The molecule has 14 aromatic rings. The Balaban J connectivity index is 1.14. The number of hydrogen-bond acceptors (Lipinski definition) is 2. The number of hydrogen-bond donors (Lipinski definition) is 0. The number of anilines is 6. The summed E-state index contributed by atoms with van der Waals surface area (Å²) in [7, 11) is 0. The molecule has 3 nitrogen and oxygen atoms in total. The van der Waals surface area contributed by atoms with Gasteiger partial charge in [-0.15, -0.1) is 0 Å². The van der Waals surface area contributed by atoms with E-state index >= 15 is 0 Å². The van der Waals surface area contributed by atoms with Crippen molar-refractivity contribution in [3.8, 4) is 72.4 Å². The molecule has 0 N–H and O–H groups in total. The lowest BCUT2D eigenvalue weighted by Gasteiger charge is -2.46.